The van der Waals surface area contributed by atoms with Gasteiger partial charge in [0.05, 0.1) is 18.6 Å². The molecule has 0 atom stereocenters. The van der Waals surface area contributed by atoms with Gasteiger partial charge in [-0.1, -0.05) is 23.2 Å². The third kappa shape index (κ3) is 1.84. The smallest absolute Gasteiger partial charge is 0.237 e. The molecule has 0 aliphatic heterocycles. The number of para-hydroxylation sites is 1. The molecule has 1 N–H and O–H groups in total. The van der Waals surface area contributed by atoms with Crippen molar-refractivity contribution in [1.29, 1.82) is 0 Å². The van der Waals surface area contributed by atoms with Crippen molar-refractivity contribution in [3.05, 3.63) is 47.9 Å². The van der Waals surface area contributed by atoms with Crippen molar-refractivity contribution in [1.82, 2.24) is 9.55 Å². The molecule has 0 radical (unpaired) electrons. The minimum Gasteiger partial charge on any atom is -0.308 e. The van der Waals surface area contributed by atoms with Crippen LogP contribution in [0.5, 0.6) is 0 Å². The molecule has 0 aliphatic rings. The molecular weight excluding hydrogens is 248 g/mol. The van der Waals surface area contributed by atoms with Crippen LogP contribution >= 0.6 is 0 Å². The van der Waals surface area contributed by atoms with Crippen LogP contribution in [0.4, 0.5) is 5.82 Å². The lowest BCUT2D eigenvalue weighted by Gasteiger charge is -2.07. The maximum Gasteiger partial charge on any atom is 0.237 e. The number of rotatable bonds is 2. The van der Waals surface area contributed by atoms with E-state index in [1.54, 1.807) is 0 Å². The zero-order valence-electron chi connectivity index (χ0n) is 12.3. The van der Waals surface area contributed by atoms with E-state index in [0.717, 1.165) is 17.5 Å². The Balaban J connectivity index is 2.28. The molecule has 0 unspecified atom stereocenters. The number of hydrogen-bond acceptors (Lipinski definition) is 2. The van der Waals surface area contributed by atoms with Gasteiger partial charge >= 0.3 is 0 Å². The largest absolute Gasteiger partial charge is 0.308 e. The molecule has 4 nitrogen and oxygen atoms in total. The average molecular weight is 267 g/mol. The molecule has 0 spiro atoms. The van der Waals surface area contributed by atoms with Crippen LogP contribution in [0.1, 0.15) is 11.4 Å². The zero-order valence-corrected chi connectivity index (χ0v) is 12.3. The van der Waals surface area contributed by atoms with Gasteiger partial charge in [0.1, 0.15) is 0 Å². The van der Waals surface area contributed by atoms with Crippen LogP contribution in [0.25, 0.3) is 16.7 Å². The van der Waals surface area contributed by atoms with Crippen LogP contribution in [0.15, 0.2) is 36.5 Å². The molecule has 2 aromatic heterocycles. The number of hydrogen-bond donors (Lipinski definition) is 1. The van der Waals surface area contributed by atoms with Crippen molar-refractivity contribution in [3.8, 4) is 5.82 Å². The Morgan fingerprint density at radius 1 is 1.20 bits per heavy atom. The summed E-state index contributed by atoms with van der Waals surface area (Å²) in [5.74, 6) is 2.96. The first-order valence-electron chi connectivity index (χ1n) is 6.74. The summed E-state index contributed by atoms with van der Waals surface area (Å²) in [6, 6.07) is 10.5. The van der Waals surface area contributed by atoms with Crippen LogP contribution in [0, 0.1) is 13.8 Å². The van der Waals surface area contributed by atoms with Gasteiger partial charge in [-0.2, -0.15) is 0 Å². The second-order valence-electron chi connectivity index (χ2n) is 5.06. The quantitative estimate of drug-likeness (QED) is 0.724. The minimum absolute atomic E-state index is 0.939. The first-order valence-corrected chi connectivity index (χ1v) is 6.74. The van der Waals surface area contributed by atoms with E-state index in [1.165, 1.54) is 16.5 Å². The fraction of sp³-hybridized carbons (Fsp3) is 0.250. The van der Waals surface area contributed by atoms with Crippen LogP contribution < -0.4 is 9.88 Å². The molecule has 102 valence electrons. The molecule has 2 heterocycles. The lowest BCUT2D eigenvalue weighted by Crippen LogP contribution is -2.36. The summed E-state index contributed by atoms with van der Waals surface area (Å²) in [5.41, 5.74) is 2.45. The van der Waals surface area contributed by atoms with Gasteiger partial charge in [0.2, 0.25) is 17.5 Å². The highest BCUT2D eigenvalue weighted by Gasteiger charge is 2.15. The first-order chi connectivity index (χ1) is 9.61. The lowest BCUT2D eigenvalue weighted by molar-refractivity contribution is -0.666. The Kier molecular flexibility index (Phi) is 2.93. The third-order valence-corrected chi connectivity index (χ3v) is 3.80. The van der Waals surface area contributed by atoms with Gasteiger partial charge in [-0.3, -0.25) is 4.57 Å². The topological polar surface area (TPSA) is 33.7 Å². The molecule has 3 aromatic rings. The van der Waals surface area contributed by atoms with Gasteiger partial charge in [0.25, 0.3) is 0 Å². The number of anilines is 1. The van der Waals surface area contributed by atoms with Crippen molar-refractivity contribution < 1.29 is 4.57 Å². The second kappa shape index (κ2) is 4.63. The normalized spacial score (nSPS) is 11.0. The molecular formula is C16H19N4+. The van der Waals surface area contributed by atoms with E-state index >= 15 is 0 Å². The van der Waals surface area contributed by atoms with E-state index in [9.17, 15) is 0 Å². The van der Waals surface area contributed by atoms with Gasteiger partial charge < -0.3 is 5.32 Å². The summed E-state index contributed by atoms with van der Waals surface area (Å²) in [5, 5.41) is 4.48. The summed E-state index contributed by atoms with van der Waals surface area (Å²) in [7, 11) is 3.94. The van der Waals surface area contributed by atoms with E-state index in [-0.39, 0.29) is 0 Å². The van der Waals surface area contributed by atoms with Crippen LogP contribution in [-0.2, 0) is 7.05 Å². The van der Waals surface area contributed by atoms with Gasteiger partial charge in [-0.15, -0.1) is 0 Å². The number of nitrogens with zero attached hydrogens (tertiary/aromatic N) is 3. The number of nitrogens with one attached hydrogen (secondary N) is 1. The van der Waals surface area contributed by atoms with Crippen molar-refractivity contribution in [2.24, 2.45) is 7.05 Å². The molecule has 20 heavy (non-hydrogen) atoms. The molecule has 0 fully saturated rings. The first kappa shape index (κ1) is 12.7. The van der Waals surface area contributed by atoms with E-state index in [4.69, 9.17) is 4.98 Å². The van der Waals surface area contributed by atoms with Gasteiger partial charge in [0.15, 0.2) is 0 Å². The molecule has 0 amide bonds. The fourth-order valence-electron chi connectivity index (χ4n) is 2.57. The van der Waals surface area contributed by atoms with Crippen molar-refractivity contribution in [2.75, 3.05) is 12.4 Å². The van der Waals surface area contributed by atoms with Gasteiger partial charge in [-0.05, 0) is 18.6 Å². The van der Waals surface area contributed by atoms with E-state index in [2.05, 4.69) is 53.3 Å². The Morgan fingerprint density at radius 3 is 2.70 bits per heavy atom. The summed E-state index contributed by atoms with van der Waals surface area (Å²) < 4.78 is 4.19. The predicted octanol–water partition coefficient (Wildman–Crippen LogP) is 2.51. The number of fused-ring (bicyclic) bond motifs is 1. The number of benzene rings is 1. The zero-order chi connectivity index (χ0) is 14.3. The lowest BCUT2D eigenvalue weighted by atomic mass is 10.2. The van der Waals surface area contributed by atoms with E-state index in [0.29, 0.717) is 0 Å². The third-order valence-electron chi connectivity index (χ3n) is 3.80. The summed E-state index contributed by atoms with van der Waals surface area (Å²) in [6.07, 6.45) is 2.14. The maximum atomic E-state index is 4.70. The average Bonchev–Trinajstić information content (AvgIpc) is 2.80. The number of aromatic nitrogens is 3. The molecule has 4 heteroatoms. The van der Waals surface area contributed by atoms with Crippen LogP contribution in [0.3, 0.4) is 0 Å². The monoisotopic (exact) mass is 267 g/mol. The van der Waals surface area contributed by atoms with Crippen LogP contribution in [-0.4, -0.2) is 16.6 Å². The summed E-state index contributed by atoms with van der Waals surface area (Å²) in [4.78, 5) is 4.70. The molecule has 0 bridgehead atoms. The fourth-order valence-corrected chi connectivity index (χ4v) is 2.57. The number of aryl methyl sites for hydroxylation is 2. The Bertz CT molecular complexity index is 787. The maximum absolute atomic E-state index is 4.70. The SMILES string of the molecule is CNc1cc(-n2cc(C)c3ccccc32)nc(C)[n+]1C. The van der Waals surface area contributed by atoms with E-state index < -0.39 is 0 Å². The van der Waals surface area contributed by atoms with Crippen molar-refractivity contribution >= 4 is 16.7 Å². The standard InChI is InChI=1S/C16H18N4/c1-11-10-20(14-8-6-5-7-13(11)14)16-9-15(17-3)19(4)12(2)18-16/h5-10H,1-4H3/p+1. The Labute approximate surface area is 118 Å². The summed E-state index contributed by atoms with van der Waals surface area (Å²) in [6.45, 7) is 4.15. The molecule has 3 rings (SSSR count). The van der Waals surface area contributed by atoms with Crippen LogP contribution in [0.2, 0.25) is 0 Å². The molecule has 1 aromatic carbocycles. The highest BCUT2D eigenvalue weighted by molar-refractivity contribution is 5.85. The van der Waals surface area contributed by atoms with Gasteiger partial charge in [-0.25, -0.2) is 4.57 Å². The van der Waals surface area contributed by atoms with Crippen molar-refractivity contribution in [3.63, 3.8) is 0 Å². The van der Waals surface area contributed by atoms with Gasteiger partial charge in [0, 0.05) is 25.6 Å². The minimum atomic E-state index is 0.939. The Hall–Kier alpha value is -2.36. The Morgan fingerprint density at radius 2 is 1.95 bits per heavy atom. The molecule has 0 saturated carbocycles. The molecule has 0 saturated heterocycles. The second-order valence-corrected chi connectivity index (χ2v) is 5.06. The van der Waals surface area contributed by atoms with Crippen molar-refractivity contribution in [2.45, 2.75) is 13.8 Å². The van der Waals surface area contributed by atoms with E-state index in [1.807, 2.05) is 25.6 Å². The highest BCUT2D eigenvalue weighted by atomic mass is 15.2. The molecule has 0 aliphatic carbocycles. The predicted molar refractivity (Wildman–Crippen MR) is 81.3 cm³/mol. The highest BCUT2D eigenvalue weighted by Crippen LogP contribution is 2.23. The summed E-state index contributed by atoms with van der Waals surface area (Å²) >= 11 is 0.